The zero-order chi connectivity index (χ0) is 12.4. The molecule has 0 spiro atoms. The van der Waals surface area contributed by atoms with Gasteiger partial charge in [0.1, 0.15) is 0 Å². The van der Waals surface area contributed by atoms with Crippen LogP contribution in [0.5, 0.6) is 0 Å². The van der Waals surface area contributed by atoms with E-state index >= 15 is 0 Å². The van der Waals surface area contributed by atoms with E-state index in [2.05, 4.69) is 44.8 Å². The van der Waals surface area contributed by atoms with Gasteiger partial charge in [-0.05, 0) is 42.5 Å². The maximum atomic E-state index is 10.3. The summed E-state index contributed by atoms with van der Waals surface area (Å²) in [7, 11) is 0. The van der Waals surface area contributed by atoms with Gasteiger partial charge in [-0.3, -0.25) is 0 Å². The molecular formula is C14H18Br2O. The van der Waals surface area contributed by atoms with Crippen LogP contribution < -0.4 is 0 Å². The predicted octanol–water partition coefficient (Wildman–Crippen LogP) is 5.13. The van der Waals surface area contributed by atoms with E-state index in [-0.39, 0.29) is 6.10 Å². The van der Waals surface area contributed by atoms with E-state index in [0.29, 0.717) is 5.92 Å². The normalized spacial score (nSPS) is 18.6. The van der Waals surface area contributed by atoms with E-state index in [1.54, 1.807) is 0 Å². The van der Waals surface area contributed by atoms with Gasteiger partial charge >= 0.3 is 0 Å². The second-order valence-electron chi connectivity index (χ2n) is 5.02. The second kappa shape index (κ2) is 5.85. The molecule has 1 aromatic rings. The van der Waals surface area contributed by atoms with Gasteiger partial charge in [-0.1, -0.05) is 57.5 Å². The summed E-state index contributed by atoms with van der Waals surface area (Å²) in [5, 5.41) is 10.3. The van der Waals surface area contributed by atoms with Gasteiger partial charge in [-0.25, -0.2) is 0 Å². The van der Waals surface area contributed by atoms with Crippen LogP contribution in [-0.4, -0.2) is 5.11 Å². The Morgan fingerprint density at radius 1 is 1.24 bits per heavy atom. The lowest BCUT2D eigenvalue weighted by Gasteiger charge is -2.18. The van der Waals surface area contributed by atoms with Gasteiger partial charge in [0.2, 0.25) is 0 Å². The molecule has 0 saturated heterocycles. The predicted molar refractivity (Wildman–Crippen MR) is 78.1 cm³/mol. The third kappa shape index (κ3) is 3.33. The van der Waals surface area contributed by atoms with E-state index in [1.165, 1.54) is 31.2 Å². The molecule has 1 unspecified atom stereocenters. The Balaban J connectivity index is 2.12. The smallest absolute Gasteiger partial charge is 0.0804 e. The van der Waals surface area contributed by atoms with Crippen LogP contribution in [0, 0.1) is 12.8 Å². The molecule has 1 aromatic carbocycles. The molecule has 1 N–H and O–H groups in total. The van der Waals surface area contributed by atoms with Crippen molar-refractivity contribution in [3.63, 3.8) is 0 Å². The minimum atomic E-state index is -0.343. The average molecular weight is 362 g/mol. The molecule has 1 nitrogen and oxygen atoms in total. The lowest BCUT2D eigenvalue weighted by molar-refractivity contribution is 0.144. The van der Waals surface area contributed by atoms with Crippen LogP contribution in [0.2, 0.25) is 0 Å². The summed E-state index contributed by atoms with van der Waals surface area (Å²) in [6.45, 7) is 2.06. The van der Waals surface area contributed by atoms with Crippen molar-refractivity contribution in [2.45, 2.75) is 45.1 Å². The van der Waals surface area contributed by atoms with Crippen molar-refractivity contribution in [3.05, 3.63) is 32.2 Å². The summed E-state index contributed by atoms with van der Waals surface area (Å²) in [6.07, 6.45) is 5.77. The van der Waals surface area contributed by atoms with Gasteiger partial charge in [-0.15, -0.1) is 0 Å². The van der Waals surface area contributed by atoms with Crippen LogP contribution in [0.3, 0.4) is 0 Å². The fourth-order valence-electron chi connectivity index (χ4n) is 2.61. The maximum Gasteiger partial charge on any atom is 0.0804 e. The van der Waals surface area contributed by atoms with E-state index in [9.17, 15) is 5.11 Å². The Hall–Kier alpha value is 0.140. The highest BCUT2D eigenvalue weighted by Gasteiger charge is 2.21. The van der Waals surface area contributed by atoms with Crippen LogP contribution in [0.15, 0.2) is 21.1 Å². The van der Waals surface area contributed by atoms with E-state index in [4.69, 9.17) is 0 Å². The zero-order valence-electron chi connectivity index (χ0n) is 10.0. The Morgan fingerprint density at radius 3 is 2.53 bits per heavy atom. The van der Waals surface area contributed by atoms with Crippen molar-refractivity contribution in [2.24, 2.45) is 5.92 Å². The molecule has 1 fully saturated rings. The Morgan fingerprint density at radius 2 is 1.88 bits per heavy atom. The standard InChI is InChI=1S/C14H18Br2O/c1-9-6-13(16)11(8-12(9)15)14(17)7-10-4-2-3-5-10/h6,8,10,14,17H,2-5,7H2,1H3. The van der Waals surface area contributed by atoms with Gasteiger partial charge in [0.05, 0.1) is 6.10 Å². The van der Waals surface area contributed by atoms with Gasteiger partial charge in [-0.2, -0.15) is 0 Å². The molecule has 0 radical (unpaired) electrons. The first kappa shape index (κ1) is 13.6. The maximum absolute atomic E-state index is 10.3. The quantitative estimate of drug-likeness (QED) is 0.790. The number of hydrogen-bond donors (Lipinski definition) is 1. The summed E-state index contributed by atoms with van der Waals surface area (Å²) in [4.78, 5) is 0. The minimum Gasteiger partial charge on any atom is -0.388 e. The fraction of sp³-hybridized carbons (Fsp3) is 0.571. The first-order chi connectivity index (χ1) is 8.08. The number of halogens is 2. The molecule has 0 amide bonds. The zero-order valence-corrected chi connectivity index (χ0v) is 13.2. The molecule has 0 aromatic heterocycles. The van der Waals surface area contributed by atoms with Crippen LogP contribution in [0.4, 0.5) is 0 Å². The van der Waals surface area contributed by atoms with Crippen molar-refractivity contribution in [1.29, 1.82) is 0 Å². The highest BCUT2D eigenvalue weighted by Crippen LogP contribution is 2.36. The molecule has 94 valence electrons. The topological polar surface area (TPSA) is 20.2 Å². The monoisotopic (exact) mass is 360 g/mol. The molecule has 1 saturated carbocycles. The molecule has 3 heteroatoms. The number of benzene rings is 1. The molecule has 1 aliphatic rings. The molecule has 0 heterocycles. The summed E-state index contributed by atoms with van der Waals surface area (Å²) >= 11 is 7.08. The molecule has 0 aliphatic heterocycles. The number of hydrogen-bond acceptors (Lipinski definition) is 1. The summed E-state index contributed by atoms with van der Waals surface area (Å²) in [5.74, 6) is 0.706. The summed E-state index contributed by atoms with van der Waals surface area (Å²) < 4.78 is 2.09. The first-order valence-corrected chi connectivity index (χ1v) is 7.80. The van der Waals surface area contributed by atoms with E-state index < -0.39 is 0 Å². The highest BCUT2D eigenvalue weighted by molar-refractivity contribution is 9.11. The molecule has 0 bridgehead atoms. The van der Waals surface area contributed by atoms with Crippen molar-refractivity contribution in [3.8, 4) is 0 Å². The van der Waals surface area contributed by atoms with Crippen molar-refractivity contribution in [2.75, 3.05) is 0 Å². The van der Waals surface area contributed by atoms with Crippen molar-refractivity contribution >= 4 is 31.9 Å². The van der Waals surface area contributed by atoms with E-state index in [1.807, 2.05) is 6.07 Å². The SMILES string of the molecule is Cc1cc(Br)c(C(O)CC2CCCC2)cc1Br. The molecule has 1 atom stereocenters. The molecule has 17 heavy (non-hydrogen) atoms. The second-order valence-corrected chi connectivity index (χ2v) is 6.73. The average Bonchev–Trinajstić information content (AvgIpc) is 2.76. The van der Waals surface area contributed by atoms with Crippen molar-refractivity contribution in [1.82, 2.24) is 0 Å². The third-order valence-corrected chi connectivity index (χ3v) is 5.21. The number of aryl methyl sites for hydroxylation is 1. The Bertz CT molecular complexity index is 397. The van der Waals surface area contributed by atoms with Crippen LogP contribution in [0.1, 0.15) is 49.3 Å². The van der Waals surface area contributed by atoms with Crippen LogP contribution in [0.25, 0.3) is 0 Å². The lowest BCUT2D eigenvalue weighted by Crippen LogP contribution is -2.05. The third-order valence-electron chi connectivity index (χ3n) is 3.67. The fourth-order valence-corrected chi connectivity index (χ4v) is 3.69. The van der Waals surface area contributed by atoms with Gasteiger partial charge in [0.15, 0.2) is 0 Å². The lowest BCUT2D eigenvalue weighted by atomic mass is 9.95. The summed E-state index contributed by atoms with van der Waals surface area (Å²) in [6, 6.07) is 4.11. The van der Waals surface area contributed by atoms with Gasteiger partial charge in [0.25, 0.3) is 0 Å². The Kier molecular flexibility index (Phi) is 4.67. The van der Waals surface area contributed by atoms with Crippen LogP contribution in [-0.2, 0) is 0 Å². The molecule has 2 rings (SSSR count). The minimum absolute atomic E-state index is 0.343. The highest BCUT2D eigenvalue weighted by atomic mass is 79.9. The van der Waals surface area contributed by atoms with E-state index in [0.717, 1.165) is 20.9 Å². The van der Waals surface area contributed by atoms with Gasteiger partial charge < -0.3 is 5.11 Å². The van der Waals surface area contributed by atoms with Crippen LogP contribution >= 0.6 is 31.9 Å². The first-order valence-electron chi connectivity index (χ1n) is 6.21. The number of aliphatic hydroxyl groups is 1. The number of aliphatic hydroxyl groups excluding tert-OH is 1. The Labute approximate surface area is 120 Å². The summed E-state index contributed by atoms with van der Waals surface area (Å²) in [5.41, 5.74) is 2.20. The number of rotatable bonds is 3. The van der Waals surface area contributed by atoms with Gasteiger partial charge in [0, 0.05) is 8.95 Å². The molecular weight excluding hydrogens is 344 g/mol. The van der Waals surface area contributed by atoms with Crippen molar-refractivity contribution < 1.29 is 5.11 Å². The largest absolute Gasteiger partial charge is 0.388 e. The molecule has 1 aliphatic carbocycles.